The zero-order chi connectivity index (χ0) is 18.4. The molecule has 0 saturated heterocycles. The molecule has 2 amide bonds. The average Bonchev–Trinajstić information content (AvgIpc) is 3.09. The molecule has 0 radical (unpaired) electrons. The molecule has 3 rings (SSSR count). The van der Waals surface area contributed by atoms with E-state index in [9.17, 15) is 14.4 Å². The van der Waals surface area contributed by atoms with Crippen molar-refractivity contribution in [1.82, 2.24) is 4.98 Å². The third-order valence-corrected chi connectivity index (χ3v) is 5.53. The van der Waals surface area contributed by atoms with Crippen LogP contribution in [0.15, 0.2) is 29.9 Å². The second-order valence-corrected chi connectivity index (χ2v) is 7.88. The Morgan fingerprint density at radius 3 is 2.76 bits per heavy atom. The highest BCUT2D eigenvalue weighted by Gasteiger charge is 2.45. The topological polar surface area (TPSA) is 93.4 Å². The molecule has 3 heterocycles. The van der Waals surface area contributed by atoms with Crippen molar-refractivity contribution in [3.05, 3.63) is 45.4 Å². The van der Waals surface area contributed by atoms with E-state index in [1.807, 2.05) is 0 Å². The number of fused-ring (bicyclic) bond motifs is 1. The highest BCUT2D eigenvalue weighted by atomic mass is 35.5. The smallest absolute Gasteiger partial charge is 0.242 e. The predicted octanol–water partition coefficient (Wildman–Crippen LogP) is 2.62. The van der Waals surface area contributed by atoms with Gasteiger partial charge in [-0.2, -0.15) is 0 Å². The second kappa shape index (κ2) is 6.24. The van der Waals surface area contributed by atoms with Gasteiger partial charge in [0.05, 0.1) is 21.0 Å². The van der Waals surface area contributed by atoms with Gasteiger partial charge in [-0.15, -0.1) is 11.3 Å². The Balaban J connectivity index is 2.01. The number of nitrogens with zero attached hydrogens (tertiary/aromatic N) is 2. The van der Waals surface area contributed by atoms with Crippen LogP contribution in [0.4, 0.5) is 5.69 Å². The molecule has 25 heavy (non-hydrogen) atoms. The van der Waals surface area contributed by atoms with Crippen LogP contribution in [0, 0.1) is 5.41 Å². The molecular weight excluding hydrogens is 362 g/mol. The van der Waals surface area contributed by atoms with Crippen LogP contribution in [-0.4, -0.2) is 29.1 Å². The highest BCUT2D eigenvalue weighted by Crippen LogP contribution is 2.40. The molecule has 2 aromatic heterocycles. The number of anilines is 1. The maximum Gasteiger partial charge on any atom is 0.242 e. The number of hydrogen-bond donors (Lipinski definition) is 1. The van der Waals surface area contributed by atoms with E-state index in [1.165, 1.54) is 22.4 Å². The molecule has 1 aliphatic heterocycles. The van der Waals surface area contributed by atoms with Crippen molar-refractivity contribution in [1.29, 1.82) is 0 Å². The van der Waals surface area contributed by atoms with E-state index in [0.29, 0.717) is 21.2 Å². The lowest BCUT2D eigenvalue weighted by Gasteiger charge is -2.28. The van der Waals surface area contributed by atoms with Crippen molar-refractivity contribution in [3.63, 3.8) is 0 Å². The number of halogens is 1. The number of pyridine rings is 1. The lowest BCUT2D eigenvalue weighted by Crippen LogP contribution is -2.44. The summed E-state index contributed by atoms with van der Waals surface area (Å²) >= 11 is 7.09. The van der Waals surface area contributed by atoms with Gasteiger partial charge in [0.15, 0.2) is 5.78 Å². The standard InChI is InChI=1S/C17H16ClN3O3S/c1-17(2,16(19)24)8-21-11-3-4-20-6-10(11)13(15(21)23)14(22)12-5-9(18)7-25-12/h3-7,13H,8H2,1-2H3,(H2,19,24). The van der Waals surface area contributed by atoms with Crippen molar-refractivity contribution in [3.8, 4) is 0 Å². The Labute approximate surface area is 153 Å². The zero-order valence-corrected chi connectivity index (χ0v) is 15.2. The summed E-state index contributed by atoms with van der Waals surface area (Å²) in [6.07, 6.45) is 3.06. The average molecular weight is 378 g/mol. The molecule has 1 unspecified atom stereocenters. The molecular formula is C17H16ClN3O3S. The van der Waals surface area contributed by atoms with E-state index in [0.717, 1.165) is 0 Å². The maximum absolute atomic E-state index is 13.0. The van der Waals surface area contributed by atoms with Crippen molar-refractivity contribution < 1.29 is 14.4 Å². The van der Waals surface area contributed by atoms with E-state index >= 15 is 0 Å². The Morgan fingerprint density at radius 2 is 2.16 bits per heavy atom. The summed E-state index contributed by atoms with van der Waals surface area (Å²) in [4.78, 5) is 43.4. The molecule has 8 heteroatoms. The van der Waals surface area contributed by atoms with E-state index in [-0.39, 0.29) is 18.2 Å². The third-order valence-electron chi connectivity index (χ3n) is 4.24. The molecule has 2 N–H and O–H groups in total. The van der Waals surface area contributed by atoms with Crippen LogP contribution in [0.2, 0.25) is 5.02 Å². The van der Waals surface area contributed by atoms with Crippen LogP contribution in [-0.2, 0) is 9.59 Å². The molecule has 0 bridgehead atoms. The third kappa shape index (κ3) is 3.05. The molecule has 130 valence electrons. The van der Waals surface area contributed by atoms with E-state index in [2.05, 4.69) is 4.98 Å². The second-order valence-electron chi connectivity index (χ2n) is 6.53. The van der Waals surface area contributed by atoms with Gasteiger partial charge in [-0.3, -0.25) is 19.4 Å². The predicted molar refractivity (Wildman–Crippen MR) is 96.0 cm³/mol. The van der Waals surface area contributed by atoms with Crippen LogP contribution in [0.1, 0.15) is 35.0 Å². The number of primary amides is 1. The maximum atomic E-state index is 13.0. The zero-order valence-electron chi connectivity index (χ0n) is 13.7. The highest BCUT2D eigenvalue weighted by molar-refractivity contribution is 7.12. The monoisotopic (exact) mass is 377 g/mol. The van der Waals surface area contributed by atoms with Gasteiger partial charge in [0.25, 0.3) is 0 Å². The molecule has 2 aromatic rings. The molecule has 1 aliphatic rings. The van der Waals surface area contributed by atoms with Gasteiger partial charge in [-0.25, -0.2) is 0 Å². The number of nitrogens with two attached hydrogens (primary N) is 1. The Morgan fingerprint density at radius 1 is 1.44 bits per heavy atom. The first-order valence-corrected chi connectivity index (χ1v) is 8.81. The van der Waals surface area contributed by atoms with E-state index in [1.54, 1.807) is 37.6 Å². The van der Waals surface area contributed by atoms with Crippen molar-refractivity contribution in [2.45, 2.75) is 19.8 Å². The minimum atomic E-state index is -0.984. The van der Waals surface area contributed by atoms with Crippen LogP contribution in [0.25, 0.3) is 0 Å². The number of carbonyl (C=O) groups excluding carboxylic acids is 3. The minimum Gasteiger partial charge on any atom is -0.369 e. The first-order valence-electron chi connectivity index (χ1n) is 7.56. The number of rotatable bonds is 5. The SMILES string of the molecule is CC(C)(CN1C(=O)C(C(=O)c2cc(Cl)cs2)c2cnccc21)C(N)=O. The Bertz CT molecular complexity index is 878. The molecule has 0 aromatic carbocycles. The molecule has 0 fully saturated rings. The van der Waals surface area contributed by atoms with Gasteiger partial charge in [-0.05, 0) is 26.0 Å². The lowest BCUT2D eigenvalue weighted by atomic mass is 9.92. The van der Waals surface area contributed by atoms with Crippen molar-refractivity contribution >= 4 is 46.2 Å². The van der Waals surface area contributed by atoms with Gasteiger partial charge in [0.1, 0.15) is 5.92 Å². The van der Waals surface area contributed by atoms with Crippen LogP contribution in [0.3, 0.4) is 0 Å². The van der Waals surface area contributed by atoms with E-state index in [4.69, 9.17) is 17.3 Å². The fourth-order valence-electron chi connectivity index (χ4n) is 2.75. The fraction of sp³-hybridized carbons (Fsp3) is 0.294. The number of Topliss-reactive ketones (excluding diaryl/α,β-unsaturated/α-hetero) is 1. The number of ketones is 1. The van der Waals surface area contributed by atoms with E-state index < -0.39 is 17.2 Å². The summed E-state index contributed by atoms with van der Waals surface area (Å²) in [7, 11) is 0. The summed E-state index contributed by atoms with van der Waals surface area (Å²) in [5.41, 5.74) is 5.61. The summed E-state index contributed by atoms with van der Waals surface area (Å²) in [6, 6.07) is 3.22. The molecule has 0 spiro atoms. The Kier molecular flexibility index (Phi) is 4.38. The van der Waals surface area contributed by atoms with Gasteiger partial charge in [0.2, 0.25) is 11.8 Å². The number of thiophene rings is 1. The molecule has 0 saturated carbocycles. The summed E-state index contributed by atoms with van der Waals surface area (Å²) in [5, 5.41) is 2.10. The summed E-state index contributed by atoms with van der Waals surface area (Å²) in [5.74, 6) is -2.21. The normalized spacial score (nSPS) is 16.8. The first-order chi connectivity index (χ1) is 11.7. The fourth-order valence-corrected chi connectivity index (χ4v) is 3.79. The molecule has 1 atom stereocenters. The summed E-state index contributed by atoms with van der Waals surface area (Å²) < 4.78 is 0. The van der Waals surface area contributed by atoms with Crippen LogP contribution < -0.4 is 10.6 Å². The largest absolute Gasteiger partial charge is 0.369 e. The number of carbonyl (C=O) groups is 3. The Hall–Kier alpha value is -2.25. The quantitative estimate of drug-likeness (QED) is 0.640. The lowest BCUT2D eigenvalue weighted by molar-refractivity contribution is -0.126. The van der Waals surface area contributed by atoms with Crippen molar-refractivity contribution in [2.75, 3.05) is 11.4 Å². The van der Waals surface area contributed by atoms with Crippen LogP contribution in [0.5, 0.6) is 0 Å². The van der Waals surface area contributed by atoms with Gasteiger partial charge >= 0.3 is 0 Å². The molecule has 0 aliphatic carbocycles. The summed E-state index contributed by atoms with van der Waals surface area (Å²) in [6.45, 7) is 3.42. The number of amides is 2. The van der Waals surface area contributed by atoms with Gasteiger partial charge < -0.3 is 10.6 Å². The van der Waals surface area contributed by atoms with Crippen molar-refractivity contribution in [2.24, 2.45) is 11.1 Å². The molecule has 6 nitrogen and oxygen atoms in total. The minimum absolute atomic E-state index is 0.0904. The first kappa shape index (κ1) is 17.6. The number of hydrogen-bond acceptors (Lipinski definition) is 5. The number of aromatic nitrogens is 1. The van der Waals surface area contributed by atoms with Gasteiger partial charge in [-0.1, -0.05) is 11.6 Å². The van der Waals surface area contributed by atoms with Gasteiger partial charge in [0, 0.05) is 29.9 Å². The van der Waals surface area contributed by atoms with Crippen LogP contribution >= 0.6 is 22.9 Å².